The molecule has 3 N–H and O–H groups in total. The standard InChI is InChI=1S/C21H22Cl2N4O/c22-16-5-3-7-19(20(16)23)26-8-10-27(11-9-26)21(28)17(24)12-14-13-25-18-6-2-1-4-15(14)18/h1-7,13,17,25H,8-12,24H2/t17-/m0/s1. The van der Waals surface area contributed by atoms with Crippen molar-refractivity contribution in [1.82, 2.24) is 9.88 Å². The molecule has 28 heavy (non-hydrogen) atoms. The maximum absolute atomic E-state index is 12.8. The van der Waals surface area contributed by atoms with E-state index >= 15 is 0 Å². The molecule has 1 aromatic heterocycles. The number of halogens is 2. The zero-order chi connectivity index (χ0) is 19.7. The number of rotatable bonds is 4. The number of aromatic amines is 1. The number of hydrogen-bond acceptors (Lipinski definition) is 3. The van der Waals surface area contributed by atoms with E-state index in [1.807, 2.05) is 47.5 Å². The number of carbonyl (C=O) groups excluding carboxylic acids is 1. The molecule has 0 radical (unpaired) electrons. The zero-order valence-electron chi connectivity index (χ0n) is 15.4. The van der Waals surface area contributed by atoms with E-state index in [9.17, 15) is 4.79 Å². The Balaban J connectivity index is 1.39. The van der Waals surface area contributed by atoms with E-state index in [0.29, 0.717) is 42.6 Å². The van der Waals surface area contributed by atoms with Crippen LogP contribution in [0.1, 0.15) is 5.56 Å². The minimum atomic E-state index is -0.555. The van der Waals surface area contributed by atoms with Crippen LogP contribution in [-0.2, 0) is 11.2 Å². The topological polar surface area (TPSA) is 65.4 Å². The van der Waals surface area contributed by atoms with Crippen molar-refractivity contribution in [3.05, 3.63) is 64.3 Å². The van der Waals surface area contributed by atoms with E-state index in [4.69, 9.17) is 28.9 Å². The lowest BCUT2D eigenvalue weighted by molar-refractivity contribution is -0.132. The van der Waals surface area contributed by atoms with Crippen LogP contribution in [0.25, 0.3) is 10.9 Å². The summed E-state index contributed by atoms with van der Waals surface area (Å²) in [7, 11) is 0. The van der Waals surface area contributed by atoms with Crippen molar-refractivity contribution < 1.29 is 4.79 Å². The number of nitrogens with zero attached hydrogens (tertiary/aromatic N) is 2. The zero-order valence-corrected chi connectivity index (χ0v) is 16.9. The van der Waals surface area contributed by atoms with Gasteiger partial charge in [-0.3, -0.25) is 4.79 Å². The van der Waals surface area contributed by atoms with E-state index in [0.717, 1.165) is 22.2 Å². The predicted octanol–water partition coefficient (Wildman–Crippen LogP) is 3.69. The van der Waals surface area contributed by atoms with Crippen LogP contribution < -0.4 is 10.6 Å². The third-order valence-corrected chi connectivity index (χ3v) is 6.10. The second kappa shape index (κ2) is 8.03. The highest BCUT2D eigenvalue weighted by Crippen LogP contribution is 2.33. The molecule has 1 fully saturated rings. The molecule has 1 amide bonds. The van der Waals surface area contributed by atoms with Crippen LogP contribution in [0.3, 0.4) is 0 Å². The van der Waals surface area contributed by atoms with Crippen molar-refractivity contribution in [1.29, 1.82) is 0 Å². The van der Waals surface area contributed by atoms with Crippen LogP contribution in [0, 0.1) is 0 Å². The normalized spacial score (nSPS) is 15.8. The maximum atomic E-state index is 12.8. The molecule has 0 unspecified atom stereocenters. The molecular formula is C21H22Cl2N4O. The Morgan fingerprint density at radius 2 is 1.82 bits per heavy atom. The SMILES string of the molecule is N[C@@H](Cc1c[nH]c2ccccc12)C(=O)N1CCN(c2cccc(Cl)c2Cl)CC1. The second-order valence-corrected chi connectivity index (χ2v) is 7.84. The van der Waals surface area contributed by atoms with Gasteiger partial charge >= 0.3 is 0 Å². The fourth-order valence-corrected chi connectivity index (χ4v) is 4.18. The smallest absolute Gasteiger partial charge is 0.239 e. The number of anilines is 1. The summed E-state index contributed by atoms with van der Waals surface area (Å²) >= 11 is 12.4. The number of fused-ring (bicyclic) bond motifs is 1. The summed E-state index contributed by atoms with van der Waals surface area (Å²) in [6, 6.07) is 13.1. The molecule has 2 heterocycles. The van der Waals surface area contributed by atoms with E-state index in [-0.39, 0.29) is 5.91 Å². The third kappa shape index (κ3) is 3.70. The first-order chi connectivity index (χ1) is 13.5. The van der Waals surface area contributed by atoms with Crippen molar-refractivity contribution in [3.63, 3.8) is 0 Å². The van der Waals surface area contributed by atoms with Crippen molar-refractivity contribution in [2.75, 3.05) is 31.1 Å². The Bertz CT molecular complexity index is 995. The van der Waals surface area contributed by atoms with Gasteiger partial charge in [-0.2, -0.15) is 0 Å². The van der Waals surface area contributed by atoms with Crippen molar-refractivity contribution in [3.8, 4) is 0 Å². The van der Waals surface area contributed by atoms with Gasteiger partial charge in [-0.15, -0.1) is 0 Å². The van der Waals surface area contributed by atoms with Gasteiger partial charge in [0.15, 0.2) is 0 Å². The molecule has 1 aliphatic rings. The monoisotopic (exact) mass is 416 g/mol. The number of aromatic nitrogens is 1. The number of piperazine rings is 1. The summed E-state index contributed by atoms with van der Waals surface area (Å²) in [5.74, 6) is -0.0119. The van der Waals surface area contributed by atoms with E-state index in [2.05, 4.69) is 9.88 Å². The predicted molar refractivity (Wildman–Crippen MR) is 115 cm³/mol. The Labute approximate surface area is 174 Å². The number of H-pyrrole nitrogens is 1. The molecule has 1 saturated heterocycles. The van der Waals surface area contributed by atoms with Crippen LogP contribution in [0.2, 0.25) is 10.0 Å². The molecule has 1 atom stereocenters. The highest BCUT2D eigenvalue weighted by molar-refractivity contribution is 6.43. The Hall–Kier alpha value is -2.21. The van der Waals surface area contributed by atoms with Gasteiger partial charge in [-0.05, 0) is 30.2 Å². The summed E-state index contributed by atoms with van der Waals surface area (Å²) in [6.45, 7) is 2.63. The van der Waals surface area contributed by atoms with Gasteiger partial charge in [-0.1, -0.05) is 47.5 Å². The van der Waals surface area contributed by atoms with Crippen LogP contribution >= 0.6 is 23.2 Å². The van der Waals surface area contributed by atoms with Crippen molar-refractivity contribution >= 4 is 45.7 Å². The fourth-order valence-electron chi connectivity index (χ4n) is 3.76. The van der Waals surface area contributed by atoms with Gasteiger partial charge in [0.25, 0.3) is 0 Å². The highest BCUT2D eigenvalue weighted by Gasteiger charge is 2.27. The number of hydrogen-bond donors (Lipinski definition) is 2. The van der Waals surface area contributed by atoms with Crippen molar-refractivity contribution in [2.45, 2.75) is 12.5 Å². The lowest BCUT2D eigenvalue weighted by Gasteiger charge is -2.37. The van der Waals surface area contributed by atoms with E-state index in [1.54, 1.807) is 6.07 Å². The van der Waals surface area contributed by atoms with Gasteiger partial charge in [0.2, 0.25) is 5.91 Å². The molecule has 7 heteroatoms. The maximum Gasteiger partial charge on any atom is 0.239 e. The largest absolute Gasteiger partial charge is 0.367 e. The van der Waals surface area contributed by atoms with Gasteiger partial charge in [0, 0.05) is 43.3 Å². The molecule has 0 bridgehead atoms. The fraction of sp³-hybridized carbons (Fsp3) is 0.286. The third-order valence-electron chi connectivity index (χ3n) is 5.30. The summed E-state index contributed by atoms with van der Waals surface area (Å²) in [6.07, 6.45) is 2.46. The number of amides is 1. The number of nitrogens with one attached hydrogen (secondary N) is 1. The van der Waals surface area contributed by atoms with Gasteiger partial charge in [-0.25, -0.2) is 0 Å². The highest BCUT2D eigenvalue weighted by atomic mass is 35.5. The van der Waals surface area contributed by atoms with E-state index < -0.39 is 6.04 Å². The molecule has 2 aromatic carbocycles. The molecular weight excluding hydrogens is 395 g/mol. The van der Waals surface area contributed by atoms with Crippen LogP contribution in [0.5, 0.6) is 0 Å². The number of carbonyl (C=O) groups is 1. The lowest BCUT2D eigenvalue weighted by Crippen LogP contribution is -2.53. The Kier molecular flexibility index (Phi) is 5.49. The average molecular weight is 417 g/mol. The summed E-state index contributed by atoms with van der Waals surface area (Å²) in [5.41, 5.74) is 9.30. The minimum absolute atomic E-state index is 0.0119. The van der Waals surface area contributed by atoms with Crippen LogP contribution in [-0.4, -0.2) is 48.0 Å². The molecule has 0 saturated carbocycles. The molecule has 5 nitrogen and oxygen atoms in total. The van der Waals surface area contributed by atoms with Gasteiger partial charge in [0.1, 0.15) is 0 Å². The Morgan fingerprint density at radius 3 is 2.61 bits per heavy atom. The first kappa shape index (κ1) is 19.1. The first-order valence-corrected chi connectivity index (χ1v) is 10.1. The number of para-hydroxylation sites is 1. The van der Waals surface area contributed by atoms with Gasteiger partial charge in [0.05, 0.1) is 21.8 Å². The van der Waals surface area contributed by atoms with Crippen LogP contribution in [0.4, 0.5) is 5.69 Å². The number of benzene rings is 2. The molecule has 0 spiro atoms. The Morgan fingerprint density at radius 1 is 1.07 bits per heavy atom. The molecule has 0 aliphatic carbocycles. The molecule has 1 aliphatic heterocycles. The average Bonchev–Trinajstić information content (AvgIpc) is 3.12. The minimum Gasteiger partial charge on any atom is -0.367 e. The first-order valence-electron chi connectivity index (χ1n) is 9.33. The molecule has 146 valence electrons. The molecule has 3 aromatic rings. The van der Waals surface area contributed by atoms with E-state index in [1.165, 1.54) is 0 Å². The van der Waals surface area contributed by atoms with Gasteiger partial charge < -0.3 is 20.5 Å². The summed E-state index contributed by atoms with van der Waals surface area (Å²) in [4.78, 5) is 20.1. The van der Waals surface area contributed by atoms with Crippen molar-refractivity contribution in [2.24, 2.45) is 5.73 Å². The quantitative estimate of drug-likeness (QED) is 0.681. The summed E-state index contributed by atoms with van der Waals surface area (Å²) in [5, 5.41) is 2.21. The molecule has 4 rings (SSSR count). The van der Waals surface area contributed by atoms with Crippen LogP contribution in [0.15, 0.2) is 48.7 Å². The lowest BCUT2D eigenvalue weighted by atomic mass is 10.0. The number of nitrogens with two attached hydrogens (primary N) is 1. The second-order valence-electron chi connectivity index (χ2n) is 7.06. The summed E-state index contributed by atoms with van der Waals surface area (Å²) < 4.78 is 0.